The Bertz CT molecular complexity index is 6280. The predicted molar refractivity (Wildman–Crippen MR) is 469 cm³/mol. The number of aryl methyl sites for hydroxylation is 8. The van der Waals surface area contributed by atoms with Crippen molar-refractivity contribution < 1.29 is 18.3 Å². The van der Waals surface area contributed by atoms with Crippen molar-refractivity contribution in [2.45, 2.75) is 44.1 Å². The lowest BCUT2D eigenvalue weighted by atomic mass is 9.88. The van der Waals surface area contributed by atoms with Gasteiger partial charge in [0.05, 0.1) is 66.2 Å². The Kier molecular flexibility index (Phi) is 25.7. The molecule has 1 aliphatic carbocycles. The molecular formula is C88H95F2N31O2. The highest BCUT2D eigenvalue weighted by Crippen LogP contribution is 2.41. The van der Waals surface area contributed by atoms with Crippen LogP contribution in [0.25, 0.3) is 135 Å². The number of nitrogens with one attached hydrogen (secondary N) is 4. The van der Waals surface area contributed by atoms with Crippen molar-refractivity contribution in [3.8, 4) is 135 Å². The third kappa shape index (κ3) is 20.9. The van der Waals surface area contributed by atoms with Crippen LogP contribution in [0, 0.1) is 0 Å². The molecule has 13 heterocycles. The number of unbranched alkanes of at least 4 members (excludes halogenated alkanes) is 1. The maximum atomic E-state index is 13.4. The molecule has 1 saturated heterocycles. The summed E-state index contributed by atoms with van der Waals surface area (Å²) >= 11 is 0. The zero-order valence-corrected chi connectivity index (χ0v) is 69.5. The lowest BCUT2D eigenvalue weighted by Crippen LogP contribution is -2.44. The van der Waals surface area contributed by atoms with Crippen molar-refractivity contribution in [3.63, 3.8) is 0 Å². The second-order valence-corrected chi connectivity index (χ2v) is 29.9. The Hall–Kier alpha value is -14.9. The predicted octanol–water partition coefficient (Wildman–Crippen LogP) is 12.8. The molecule has 0 radical (unpaired) electrons. The van der Waals surface area contributed by atoms with Gasteiger partial charge in [-0.3, -0.25) is 37.5 Å². The summed E-state index contributed by atoms with van der Waals surface area (Å²) in [5.41, 5.74) is 30.0. The number of alkyl halides is 2. The van der Waals surface area contributed by atoms with E-state index in [1.807, 2.05) is 228 Å². The molecule has 0 spiro atoms. The number of carbonyl (C=O) groups excluding carboxylic acids is 1. The van der Waals surface area contributed by atoms with Crippen LogP contribution >= 0.6 is 0 Å². The zero-order valence-electron chi connectivity index (χ0n) is 69.5. The summed E-state index contributed by atoms with van der Waals surface area (Å²) in [5, 5.41) is 47.9. The normalized spacial score (nSPS) is 12.8. The van der Waals surface area contributed by atoms with Gasteiger partial charge < -0.3 is 42.4 Å². The zero-order chi connectivity index (χ0) is 85.5. The van der Waals surface area contributed by atoms with Gasteiger partial charge in [-0.25, -0.2) is 53.4 Å². The average Bonchev–Trinajstić information content (AvgIpc) is 1.36. The summed E-state index contributed by atoms with van der Waals surface area (Å²) < 4.78 is 45.8. The van der Waals surface area contributed by atoms with Gasteiger partial charge in [0.1, 0.15) is 29.9 Å². The minimum atomic E-state index is -2.61. The molecule has 1 saturated carbocycles. The first-order chi connectivity index (χ1) is 59.7. The lowest BCUT2D eigenvalue weighted by molar-refractivity contribution is -0.0794. The minimum Gasteiger partial charge on any atom is -0.448 e. The van der Waals surface area contributed by atoms with Crippen LogP contribution in [-0.2, 0) is 61.1 Å². The molecule has 2 aliphatic rings. The molecule has 16 aromatic rings. The van der Waals surface area contributed by atoms with Crippen LogP contribution < -0.4 is 32.7 Å². The quantitative estimate of drug-likeness (QED) is 0.0260. The Morgan fingerprint density at radius 1 is 0.390 bits per heavy atom. The number of benzene rings is 4. The van der Waals surface area contributed by atoms with E-state index in [9.17, 15) is 13.6 Å². The van der Waals surface area contributed by atoms with Crippen molar-refractivity contribution in [3.05, 3.63) is 221 Å². The summed E-state index contributed by atoms with van der Waals surface area (Å²) in [6, 6.07) is 35.7. The van der Waals surface area contributed by atoms with E-state index in [0.717, 1.165) is 144 Å². The summed E-state index contributed by atoms with van der Waals surface area (Å²) in [4.78, 5) is 51.1. The van der Waals surface area contributed by atoms with Crippen molar-refractivity contribution in [2.75, 3.05) is 73.7 Å². The van der Waals surface area contributed by atoms with E-state index in [4.69, 9.17) is 36.1 Å². The van der Waals surface area contributed by atoms with E-state index >= 15 is 0 Å². The molecule has 8 N–H and O–H groups in total. The highest BCUT2D eigenvalue weighted by atomic mass is 19.3. The first kappa shape index (κ1) is 83.2. The topological polar surface area (TPSA) is 375 Å². The van der Waals surface area contributed by atoms with Gasteiger partial charge in [0.2, 0.25) is 0 Å². The second-order valence-electron chi connectivity index (χ2n) is 29.9. The smallest absolute Gasteiger partial charge is 0.409 e. The molecule has 35 heteroatoms. The van der Waals surface area contributed by atoms with Gasteiger partial charge in [0, 0.05) is 243 Å². The number of nitrogens with zero attached hydrogens (tertiary/aromatic N) is 25. The fraction of sp³-hybridized carbons (Fsp3) is 0.261. The summed E-state index contributed by atoms with van der Waals surface area (Å²) in [6.45, 7) is 4.95. The van der Waals surface area contributed by atoms with Crippen molar-refractivity contribution in [1.29, 1.82) is 0 Å². The largest absolute Gasteiger partial charge is 0.448 e. The number of anilines is 4. The van der Waals surface area contributed by atoms with Gasteiger partial charge in [-0.2, -0.15) is 40.8 Å². The number of hydrogen-bond donors (Lipinski definition) is 6. The summed E-state index contributed by atoms with van der Waals surface area (Å²) in [5.74, 6) is 2.60. The van der Waals surface area contributed by atoms with Crippen LogP contribution in [0.2, 0.25) is 0 Å². The molecule has 4 aromatic carbocycles. The average molecular weight is 1660 g/mol. The van der Waals surface area contributed by atoms with Crippen LogP contribution in [-0.4, -0.2) is 193 Å². The Labute approximate surface area is 708 Å². The van der Waals surface area contributed by atoms with Crippen LogP contribution in [0.4, 0.5) is 36.8 Å². The Morgan fingerprint density at radius 2 is 0.724 bits per heavy atom. The summed E-state index contributed by atoms with van der Waals surface area (Å²) in [7, 11) is 15.1. The monoisotopic (exact) mass is 1660 g/mol. The van der Waals surface area contributed by atoms with Gasteiger partial charge in [0.25, 0.3) is 5.92 Å². The molecule has 33 nitrogen and oxygen atoms in total. The van der Waals surface area contributed by atoms with Crippen molar-refractivity contribution in [2.24, 2.45) is 67.8 Å². The second kappa shape index (κ2) is 38.0. The van der Waals surface area contributed by atoms with Gasteiger partial charge in [-0.1, -0.05) is 72.8 Å². The molecule has 123 heavy (non-hydrogen) atoms. The lowest BCUT2D eigenvalue weighted by Gasteiger charge is -2.36. The maximum absolute atomic E-state index is 13.4. The fourth-order valence-corrected chi connectivity index (χ4v) is 13.9. The molecule has 0 atom stereocenters. The first-order valence-electron chi connectivity index (χ1n) is 40.2. The molecule has 12 aromatic heterocycles. The standard InChI is InChI=1S/C23H24N8O2.C22H21F2N7.C22H26N8.C21H24N8/c1-29-8-6-20(28-29)19-14-25-21(27-22(19)24-7-9-31-10-11-33-23(31)32)17-5-3-4-16(12-17)18-13-26-30(2)15-18;1-30-7-6-19(29-30)18-12-25-20(28-21(18)27-17-9-22(23,24)10-17)15-5-3-4-14(8-15)16-11-26-31(2)13-16;1-29-14-18(11-26-29)16-6-5-7-17(10-16)21-25-13-20(19-12-27-30(2)15-19)22(28-21)24-9-4-3-8-23;1-28-13-17(10-25-28)15-5-3-6-16(9-15)20-24-12-19(18-11-26-29(2)14-18)21(27-20)23-8-4-7-22/h3-6,8,12-15H,7,9-11H2,1-2H3,(H,24,25,27);3-8,11-13,17H,9-10H2,1-2H3,(H,25,27,28);5-7,10-15H,3-4,8-9,23H2,1-2H3,(H,24,25,28);3,5-6,9-14H,4,7-8,22H2,1-2H3,(H,23,24,27). The highest BCUT2D eigenvalue weighted by Gasteiger charge is 2.46. The molecule has 1 aliphatic heterocycles. The van der Waals surface area contributed by atoms with Crippen LogP contribution in [0.3, 0.4) is 0 Å². The number of halogens is 2. The number of ether oxygens (including phenoxy) is 1. The minimum absolute atomic E-state index is 0.204. The van der Waals surface area contributed by atoms with Crippen LogP contribution in [0.5, 0.6) is 0 Å². The van der Waals surface area contributed by atoms with Crippen molar-refractivity contribution in [1.82, 2.24) is 123 Å². The molecule has 0 bridgehead atoms. The van der Waals surface area contributed by atoms with E-state index < -0.39 is 5.92 Å². The first-order valence-corrected chi connectivity index (χ1v) is 40.2. The van der Waals surface area contributed by atoms with Crippen molar-refractivity contribution >= 4 is 29.4 Å². The van der Waals surface area contributed by atoms with E-state index in [2.05, 4.69) is 112 Å². The van der Waals surface area contributed by atoms with E-state index in [-0.39, 0.29) is 25.0 Å². The van der Waals surface area contributed by atoms with E-state index in [0.29, 0.717) is 85.5 Å². The number of carbonyl (C=O) groups is 1. The summed E-state index contributed by atoms with van der Waals surface area (Å²) in [6.07, 6.45) is 35.8. The number of cyclic esters (lactones) is 1. The van der Waals surface area contributed by atoms with E-state index in [1.165, 1.54) is 0 Å². The number of aromatic nitrogens is 24. The molecule has 628 valence electrons. The third-order valence-electron chi connectivity index (χ3n) is 20.3. The Morgan fingerprint density at radius 3 is 1.06 bits per heavy atom. The maximum Gasteiger partial charge on any atom is 0.409 e. The van der Waals surface area contributed by atoms with Gasteiger partial charge in [0.15, 0.2) is 23.3 Å². The Balaban J connectivity index is 0.000000127. The fourth-order valence-electron chi connectivity index (χ4n) is 13.9. The van der Waals surface area contributed by atoms with E-state index in [1.54, 1.807) is 60.9 Å². The number of nitrogens with two attached hydrogens (primary N) is 2. The van der Waals surface area contributed by atoms with Gasteiger partial charge in [-0.15, -0.1) is 0 Å². The number of rotatable bonds is 27. The molecular weight excluding hydrogens is 1560 g/mol. The third-order valence-corrected chi connectivity index (χ3v) is 20.3. The highest BCUT2D eigenvalue weighted by molar-refractivity contribution is 5.81. The number of amides is 1. The SMILES string of the molecule is Cn1cc(-c2cccc(-c3ncc(-c4ccn(C)n4)c(NC4CC(F)(F)C4)n3)c2)cn1.Cn1cc(-c2cccc(-c3ncc(-c4ccn(C)n4)c(NCCN4CCOC4=O)n3)c2)cn1.Cn1cc(-c2cccc(-c3ncc(-c4cnn(C)c4)c(NCCCCN)n3)c2)cn1.Cn1cc(-c2cccc(-c3ncc(-c4cnn(C)c4)c(NCCCN)n3)c2)cn1. The van der Waals surface area contributed by atoms with Gasteiger partial charge in [-0.05, 0) is 91.0 Å². The molecule has 18 rings (SSSR count). The van der Waals surface area contributed by atoms with Gasteiger partial charge >= 0.3 is 6.09 Å². The van der Waals surface area contributed by atoms with Crippen LogP contribution in [0.15, 0.2) is 221 Å². The number of hydrogen-bond acceptors (Lipinski definition) is 24. The molecule has 2 fully saturated rings. The molecule has 1 amide bonds. The van der Waals surface area contributed by atoms with Crippen LogP contribution in [0.1, 0.15) is 32.1 Å². The molecule has 0 unspecified atom stereocenters.